The Bertz CT molecular complexity index is 8560. The van der Waals surface area contributed by atoms with Gasteiger partial charge in [-0.1, -0.05) is 358 Å². The molecule has 0 radical (unpaired) electrons. The summed E-state index contributed by atoms with van der Waals surface area (Å²) in [7, 11) is 0. The first-order chi connectivity index (χ1) is 62.0. The lowest BCUT2D eigenvalue weighted by Gasteiger charge is -2.40. The molecule has 7 heteroatoms. The smallest absolute Gasteiger partial charge is 0.160 e. The van der Waals surface area contributed by atoms with Gasteiger partial charge < -0.3 is 9.47 Å². The molecule has 2 aliphatic heterocycles. The second-order valence-corrected chi connectivity index (χ2v) is 34.5. The van der Waals surface area contributed by atoms with Crippen molar-refractivity contribution in [2.75, 3.05) is 0 Å². The van der Waals surface area contributed by atoms with Gasteiger partial charge in [0, 0.05) is 86.9 Å². The largest absolute Gasteiger partial charge is 0.456 e. The van der Waals surface area contributed by atoms with Gasteiger partial charge in [0.25, 0.3) is 0 Å². The van der Waals surface area contributed by atoms with Crippen molar-refractivity contribution in [1.82, 2.24) is 19.9 Å². The fraction of sp³-hybridized carbons (Fsp3) is 0.0169. The highest BCUT2D eigenvalue weighted by Gasteiger charge is 2.54. The van der Waals surface area contributed by atoms with Crippen LogP contribution in [0.2, 0.25) is 0 Å². The number of hydrogen-bond donors (Lipinski definition) is 0. The Labute approximate surface area is 723 Å². The number of ether oxygens (including phenoxy) is 2. The minimum atomic E-state index is -0.825. The molecule has 4 aliphatic rings. The number of rotatable bonds is 8. The molecule has 0 N–H and O–H groups in total. The van der Waals surface area contributed by atoms with Crippen LogP contribution in [0.5, 0.6) is 23.0 Å². The number of hydrogen-bond acceptors (Lipinski definition) is 7. The molecule has 578 valence electrons. The molecule has 0 saturated carbocycles. The Hall–Kier alpha value is -16.1. The van der Waals surface area contributed by atoms with Gasteiger partial charge in [-0.25, -0.2) is 19.9 Å². The zero-order valence-electron chi connectivity index (χ0n) is 67.3. The van der Waals surface area contributed by atoms with Crippen LogP contribution < -0.4 is 9.47 Å². The van der Waals surface area contributed by atoms with Crippen molar-refractivity contribution in [3.05, 3.63) is 457 Å². The first-order valence-electron chi connectivity index (χ1n) is 42.8. The fourth-order valence-corrected chi connectivity index (χ4v) is 23.1. The maximum atomic E-state index is 7.70. The van der Waals surface area contributed by atoms with Gasteiger partial charge in [-0.3, -0.25) is 0 Å². The summed E-state index contributed by atoms with van der Waals surface area (Å²) in [6, 6.07) is 151. The summed E-state index contributed by atoms with van der Waals surface area (Å²) in [6.07, 6.45) is 0. The Morgan fingerprint density at radius 1 is 0.216 bits per heavy atom. The summed E-state index contributed by atoms with van der Waals surface area (Å²) in [6.45, 7) is 0. The van der Waals surface area contributed by atoms with Gasteiger partial charge in [0.15, 0.2) is 5.82 Å². The van der Waals surface area contributed by atoms with Gasteiger partial charge in [0.1, 0.15) is 23.0 Å². The van der Waals surface area contributed by atoms with E-state index in [-0.39, 0.29) is 0 Å². The van der Waals surface area contributed by atoms with E-state index in [2.05, 4.69) is 406 Å². The standard InChI is InChI=1S/C118H68N4O2S/c1-5-27-69(28-6-1)70-49-51-71(52-50-70)105-82-38-13-14-39-83(82)106(77-55-63-100-90(67-77)107-86(109(119-100)72-29-7-2-8-30-72)58-61-98-113(107)123-102-46-24-22-44-96(102)117(98)92-41-19-15-35-79(92)80-36-16-20-42-93(80)117)84-57-53-75(66-89(84)105)76-54-60-95-88(65-76)81-37-17-21-43-94(81)118(95)97-45-23-25-47-103(97)124-114-99(118)62-59-87-108(114)91-68-78(56-64-101(91)120-110(87)73-31-9-3-10-32-73)111-115-112(85-40-18-26-48-104(85)125-115)122-116(121-111)74-33-11-4-12-34-74/h1-68H. The highest BCUT2D eigenvalue weighted by atomic mass is 32.1. The number of aromatic nitrogens is 4. The predicted octanol–water partition coefficient (Wildman–Crippen LogP) is 30.8. The van der Waals surface area contributed by atoms with Crippen LogP contribution in [0.25, 0.3) is 197 Å². The summed E-state index contributed by atoms with van der Waals surface area (Å²) in [5.41, 5.74) is 31.0. The van der Waals surface area contributed by atoms with Crippen LogP contribution in [-0.4, -0.2) is 19.9 Å². The quantitative estimate of drug-likeness (QED) is 0.112. The van der Waals surface area contributed by atoms with Gasteiger partial charge in [0.05, 0.1) is 49.2 Å². The lowest BCUT2D eigenvalue weighted by Crippen LogP contribution is -2.32. The molecule has 6 heterocycles. The summed E-state index contributed by atoms with van der Waals surface area (Å²) < 4.78 is 17.5. The molecule has 125 heavy (non-hydrogen) atoms. The molecule has 19 aromatic carbocycles. The molecular weight excluding hydrogens is 1540 g/mol. The van der Waals surface area contributed by atoms with E-state index in [0.717, 1.165) is 203 Å². The van der Waals surface area contributed by atoms with Crippen molar-refractivity contribution >= 4 is 96.5 Å². The Kier molecular flexibility index (Phi) is 14.9. The Balaban J connectivity index is 0.676. The second-order valence-electron chi connectivity index (χ2n) is 33.5. The van der Waals surface area contributed by atoms with E-state index >= 15 is 0 Å². The normalized spacial score (nSPS) is 14.1. The molecule has 2 aliphatic carbocycles. The molecule has 2 spiro atoms. The van der Waals surface area contributed by atoms with Crippen molar-refractivity contribution in [2.45, 2.75) is 10.8 Å². The number of pyridine rings is 2. The average Bonchev–Trinajstić information content (AvgIpc) is 1.56. The highest BCUT2D eigenvalue weighted by molar-refractivity contribution is 7.26. The van der Waals surface area contributed by atoms with Crippen LogP contribution in [0, 0.1) is 0 Å². The maximum absolute atomic E-state index is 7.70. The Morgan fingerprint density at radius 2 is 0.600 bits per heavy atom. The number of para-hydroxylation sites is 2. The number of nitrogens with zero attached hydrogens (tertiary/aromatic N) is 4. The zero-order chi connectivity index (χ0) is 81.7. The van der Waals surface area contributed by atoms with Gasteiger partial charge >= 0.3 is 0 Å². The summed E-state index contributed by atoms with van der Waals surface area (Å²) in [5, 5.41) is 11.7. The second kappa shape index (κ2) is 26.7. The van der Waals surface area contributed by atoms with E-state index in [1.165, 1.54) is 55.6 Å². The van der Waals surface area contributed by atoms with Crippen LogP contribution in [0.1, 0.15) is 44.5 Å². The van der Waals surface area contributed by atoms with Crippen molar-refractivity contribution in [3.63, 3.8) is 0 Å². The summed E-state index contributed by atoms with van der Waals surface area (Å²) in [5.74, 6) is 3.97. The van der Waals surface area contributed by atoms with E-state index in [1.807, 2.05) is 6.07 Å². The number of fused-ring (bicyclic) bond motifs is 31. The van der Waals surface area contributed by atoms with Crippen LogP contribution in [-0.2, 0) is 10.8 Å². The van der Waals surface area contributed by atoms with Crippen molar-refractivity contribution < 1.29 is 9.47 Å². The third-order valence-electron chi connectivity index (χ3n) is 27.2. The van der Waals surface area contributed by atoms with Gasteiger partial charge in [0.2, 0.25) is 0 Å². The van der Waals surface area contributed by atoms with Gasteiger partial charge in [-0.2, -0.15) is 0 Å². The SMILES string of the molecule is c1ccc(-c2ccc(-c3c4ccccc4c(-c4ccc5nc(-c6ccccc6)c6ccc7c(c6c5c4)Oc4ccccc4C74c5ccccc5-c5ccccc54)c4ccc(-c5ccc6c(c5)-c5ccccc5C65c6ccccc6Oc6c5ccc5c(-c7ccccc7)nc7ccc(-c8nc(-c9ccccc9)nc9c8sc8ccccc89)cc7c65)cc34)cc2)cc1. The third kappa shape index (κ3) is 9.95. The van der Waals surface area contributed by atoms with Gasteiger partial charge in [-0.05, 0) is 165 Å². The van der Waals surface area contributed by atoms with E-state index in [4.69, 9.17) is 29.4 Å². The van der Waals surface area contributed by atoms with Crippen molar-refractivity contribution in [1.29, 1.82) is 0 Å². The lowest BCUT2D eigenvalue weighted by molar-refractivity contribution is 0.442. The minimum absolute atomic E-state index is 0.678. The Morgan fingerprint density at radius 3 is 1.18 bits per heavy atom. The molecule has 0 amide bonds. The van der Waals surface area contributed by atoms with Crippen molar-refractivity contribution in [2.24, 2.45) is 0 Å². The van der Waals surface area contributed by atoms with Crippen LogP contribution in [0.15, 0.2) is 413 Å². The molecule has 0 saturated heterocycles. The molecule has 4 aromatic heterocycles. The molecule has 6 nitrogen and oxygen atoms in total. The maximum Gasteiger partial charge on any atom is 0.160 e. The summed E-state index contributed by atoms with van der Waals surface area (Å²) in [4.78, 5) is 22.2. The van der Waals surface area contributed by atoms with E-state index in [1.54, 1.807) is 11.3 Å². The minimum Gasteiger partial charge on any atom is -0.456 e. The molecular formula is C118H68N4O2S. The lowest BCUT2D eigenvalue weighted by atomic mass is 9.65. The van der Waals surface area contributed by atoms with Gasteiger partial charge in [-0.15, -0.1) is 11.3 Å². The topological polar surface area (TPSA) is 70.0 Å². The third-order valence-corrected chi connectivity index (χ3v) is 28.3. The first kappa shape index (κ1) is 69.7. The molecule has 0 fully saturated rings. The van der Waals surface area contributed by atoms with Crippen LogP contribution >= 0.6 is 11.3 Å². The highest BCUT2D eigenvalue weighted by Crippen LogP contribution is 2.67. The predicted molar refractivity (Wildman–Crippen MR) is 514 cm³/mol. The van der Waals surface area contributed by atoms with E-state index in [9.17, 15) is 0 Å². The average molecular weight is 1610 g/mol. The van der Waals surface area contributed by atoms with E-state index < -0.39 is 10.8 Å². The molecule has 27 rings (SSSR count). The monoisotopic (exact) mass is 1600 g/mol. The fourth-order valence-electron chi connectivity index (χ4n) is 21.9. The van der Waals surface area contributed by atoms with Crippen LogP contribution in [0.4, 0.5) is 0 Å². The molecule has 0 bridgehead atoms. The van der Waals surface area contributed by atoms with Crippen molar-refractivity contribution in [3.8, 4) is 135 Å². The zero-order valence-corrected chi connectivity index (χ0v) is 68.1. The van der Waals surface area contributed by atoms with Crippen LogP contribution in [0.3, 0.4) is 0 Å². The molecule has 1 atom stereocenters. The molecule has 1 unspecified atom stereocenters. The first-order valence-corrected chi connectivity index (χ1v) is 43.6. The number of benzene rings is 19. The molecule has 23 aromatic rings. The number of thiophene rings is 1. The summed E-state index contributed by atoms with van der Waals surface area (Å²) >= 11 is 1.74. The van der Waals surface area contributed by atoms with E-state index in [0.29, 0.717) is 5.82 Å².